The predicted octanol–water partition coefficient (Wildman–Crippen LogP) is 2.95. The van der Waals surface area contributed by atoms with Crippen LogP contribution in [0.25, 0.3) is 0 Å². The molecule has 132 valence electrons. The fourth-order valence-corrected chi connectivity index (χ4v) is 3.96. The van der Waals surface area contributed by atoms with Crippen molar-refractivity contribution in [2.75, 3.05) is 0 Å². The van der Waals surface area contributed by atoms with Gasteiger partial charge in [0.15, 0.2) is 0 Å². The number of amides is 1. The van der Waals surface area contributed by atoms with E-state index in [4.69, 9.17) is 0 Å². The predicted molar refractivity (Wildman–Crippen MR) is 74.0 cm³/mol. The molecule has 1 aromatic carbocycles. The van der Waals surface area contributed by atoms with Gasteiger partial charge in [-0.15, -0.1) is 0 Å². The summed E-state index contributed by atoms with van der Waals surface area (Å²) in [6, 6.07) is 1.56. The lowest BCUT2D eigenvalue weighted by molar-refractivity contribution is -0.193. The zero-order valence-electron chi connectivity index (χ0n) is 12.6. The maximum absolute atomic E-state index is 13.8. The number of rotatable bonds is 2. The molecule has 2 atom stereocenters. The molecule has 24 heavy (non-hydrogen) atoms. The molecule has 0 radical (unpaired) electrons. The number of piperidine rings is 1. The van der Waals surface area contributed by atoms with Crippen molar-refractivity contribution < 1.29 is 31.9 Å². The Morgan fingerprint density at radius 2 is 1.79 bits per heavy atom. The third kappa shape index (κ3) is 3.11. The van der Waals surface area contributed by atoms with Crippen LogP contribution < -0.4 is 0 Å². The summed E-state index contributed by atoms with van der Waals surface area (Å²) in [7, 11) is 0. The second-order valence-corrected chi connectivity index (χ2v) is 6.64. The fraction of sp³-hybridized carbons (Fsp3) is 0.562. The van der Waals surface area contributed by atoms with E-state index in [0.29, 0.717) is 18.9 Å². The van der Waals surface area contributed by atoms with Crippen molar-refractivity contribution >= 4 is 5.91 Å². The van der Waals surface area contributed by atoms with E-state index >= 15 is 0 Å². The number of halogens is 5. The van der Waals surface area contributed by atoms with Gasteiger partial charge in [0.1, 0.15) is 11.6 Å². The average Bonchev–Trinajstić information content (AvgIpc) is 2.73. The van der Waals surface area contributed by atoms with Crippen LogP contribution in [0, 0.1) is 11.6 Å². The van der Waals surface area contributed by atoms with Crippen molar-refractivity contribution in [1.29, 1.82) is 0 Å². The normalized spacial score (nSPS) is 29.8. The Morgan fingerprint density at radius 3 is 2.29 bits per heavy atom. The van der Waals surface area contributed by atoms with Crippen LogP contribution in [-0.2, 0) is 11.2 Å². The molecular formula is C16H16F5NO2. The number of hydrogen-bond donors (Lipinski definition) is 1. The van der Waals surface area contributed by atoms with Gasteiger partial charge in [-0.2, -0.15) is 13.2 Å². The molecule has 8 heteroatoms. The molecule has 0 saturated carbocycles. The van der Waals surface area contributed by atoms with Crippen molar-refractivity contribution in [1.82, 2.24) is 4.90 Å². The van der Waals surface area contributed by atoms with Crippen LogP contribution >= 0.6 is 0 Å². The monoisotopic (exact) mass is 349 g/mol. The lowest BCUT2D eigenvalue weighted by Gasteiger charge is -2.44. The van der Waals surface area contributed by atoms with E-state index in [9.17, 15) is 31.9 Å². The third-order valence-corrected chi connectivity index (χ3v) is 4.86. The quantitative estimate of drug-likeness (QED) is 0.834. The van der Waals surface area contributed by atoms with E-state index in [1.54, 1.807) is 0 Å². The lowest BCUT2D eigenvalue weighted by Crippen LogP contribution is -2.57. The molecule has 0 aromatic heterocycles. The highest BCUT2D eigenvalue weighted by Crippen LogP contribution is 2.44. The van der Waals surface area contributed by atoms with Gasteiger partial charge in [0.25, 0.3) is 0 Å². The molecule has 2 fully saturated rings. The topological polar surface area (TPSA) is 40.5 Å². The molecular weight excluding hydrogens is 333 g/mol. The van der Waals surface area contributed by atoms with E-state index in [1.807, 2.05) is 0 Å². The summed E-state index contributed by atoms with van der Waals surface area (Å²) >= 11 is 0. The molecule has 2 bridgehead atoms. The molecule has 0 unspecified atom stereocenters. The Bertz CT molecular complexity index is 646. The van der Waals surface area contributed by atoms with E-state index in [-0.39, 0.29) is 24.8 Å². The lowest BCUT2D eigenvalue weighted by atomic mass is 9.81. The van der Waals surface area contributed by atoms with Crippen molar-refractivity contribution in [2.24, 2.45) is 0 Å². The molecule has 2 aliphatic heterocycles. The minimum absolute atomic E-state index is 0.0534. The Kier molecular flexibility index (Phi) is 4.06. The summed E-state index contributed by atoms with van der Waals surface area (Å²) in [5.41, 5.74) is -1.30. The number of hydrogen-bond acceptors (Lipinski definition) is 2. The van der Waals surface area contributed by atoms with Crippen LogP contribution in [0.1, 0.15) is 31.2 Å². The SMILES string of the molecule is O=C(N1[C@H]2CC[C@H]1CC(O)(Cc1ccc(F)cc1F)C2)C(F)(F)F. The fourth-order valence-electron chi connectivity index (χ4n) is 3.96. The smallest absolute Gasteiger partial charge is 0.389 e. The van der Waals surface area contributed by atoms with Crippen LogP contribution in [0.5, 0.6) is 0 Å². The number of aliphatic hydroxyl groups is 1. The molecule has 1 N–H and O–H groups in total. The third-order valence-electron chi connectivity index (χ3n) is 4.86. The average molecular weight is 349 g/mol. The highest BCUT2D eigenvalue weighted by Gasteiger charge is 2.55. The first-order valence-electron chi connectivity index (χ1n) is 7.65. The van der Waals surface area contributed by atoms with E-state index in [0.717, 1.165) is 11.0 Å². The Morgan fingerprint density at radius 1 is 1.21 bits per heavy atom. The molecule has 2 aliphatic rings. The Labute approximate surface area is 135 Å². The minimum atomic E-state index is -4.95. The van der Waals surface area contributed by atoms with Crippen molar-refractivity contribution in [3.63, 3.8) is 0 Å². The zero-order valence-corrected chi connectivity index (χ0v) is 12.6. The summed E-state index contributed by atoms with van der Waals surface area (Å²) in [4.78, 5) is 12.4. The molecule has 1 amide bonds. The van der Waals surface area contributed by atoms with Crippen molar-refractivity contribution in [3.8, 4) is 0 Å². The van der Waals surface area contributed by atoms with Crippen LogP contribution in [-0.4, -0.2) is 39.8 Å². The van der Waals surface area contributed by atoms with Crippen LogP contribution in [0.2, 0.25) is 0 Å². The Hall–Kier alpha value is -1.70. The second-order valence-electron chi connectivity index (χ2n) is 6.64. The van der Waals surface area contributed by atoms with Gasteiger partial charge in [-0.25, -0.2) is 8.78 Å². The van der Waals surface area contributed by atoms with E-state index in [1.165, 1.54) is 6.07 Å². The second kappa shape index (κ2) is 5.68. The van der Waals surface area contributed by atoms with Gasteiger partial charge in [0.2, 0.25) is 0 Å². The molecule has 3 rings (SSSR count). The van der Waals surface area contributed by atoms with Gasteiger partial charge in [0, 0.05) is 24.6 Å². The van der Waals surface area contributed by atoms with E-state index < -0.39 is 41.4 Å². The molecule has 1 aromatic rings. The number of benzene rings is 1. The zero-order chi connectivity index (χ0) is 17.7. The van der Waals surface area contributed by atoms with Crippen LogP contribution in [0.3, 0.4) is 0 Å². The van der Waals surface area contributed by atoms with Gasteiger partial charge in [-0.1, -0.05) is 6.07 Å². The number of nitrogens with zero attached hydrogens (tertiary/aromatic N) is 1. The maximum Gasteiger partial charge on any atom is 0.471 e. The highest BCUT2D eigenvalue weighted by atomic mass is 19.4. The largest absolute Gasteiger partial charge is 0.471 e. The summed E-state index contributed by atoms with van der Waals surface area (Å²) in [6.45, 7) is 0. The van der Waals surface area contributed by atoms with Crippen molar-refractivity contribution in [2.45, 2.75) is 56.0 Å². The summed E-state index contributed by atoms with van der Waals surface area (Å²) in [5.74, 6) is -3.43. The first-order valence-corrected chi connectivity index (χ1v) is 7.65. The summed E-state index contributed by atoms with van der Waals surface area (Å²) in [6.07, 6.45) is -4.43. The molecule has 2 saturated heterocycles. The van der Waals surface area contributed by atoms with Gasteiger partial charge in [-0.3, -0.25) is 4.79 Å². The number of alkyl halides is 3. The molecule has 3 nitrogen and oxygen atoms in total. The Balaban J connectivity index is 1.78. The van der Waals surface area contributed by atoms with Gasteiger partial charge in [-0.05, 0) is 37.3 Å². The standard InChI is InChI=1S/C16H16F5NO2/c17-10-2-1-9(13(18)5-10)6-15(24)7-11-3-4-12(8-15)22(11)14(23)16(19,20)21/h1-2,5,11-12,24H,3-4,6-8H2/t11-,12-/m0/s1. The van der Waals surface area contributed by atoms with Gasteiger partial charge in [0.05, 0.1) is 5.60 Å². The van der Waals surface area contributed by atoms with Gasteiger partial charge < -0.3 is 10.0 Å². The van der Waals surface area contributed by atoms with Gasteiger partial charge >= 0.3 is 12.1 Å². The molecule has 0 aliphatic carbocycles. The molecule has 0 spiro atoms. The first kappa shape index (κ1) is 17.1. The minimum Gasteiger partial charge on any atom is -0.389 e. The number of carbonyl (C=O) groups excluding carboxylic acids is 1. The van der Waals surface area contributed by atoms with E-state index in [2.05, 4.69) is 0 Å². The molecule has 2 heterocycles. The maximum atomic E-state index is 13.8. The number of carbonyl (C=O) groups is 1. The highest BCUT2D eigenvalue weighted by molar-refractivity contribution is 5.83. The summed E-state index contributed by atoms with van der Waals surface area (Å²) in [5, 5.41) is 10.7. The van der Waals surface area contributed by atoms with Crippen LogP contribution in [0.15, 0.2) is 18.2 Å². The number of fused-ring (bicyclic) bond motifs is 2. The first-order chi connectivity index (χ1) is 11.1. The van der Waals surface area contributed by atoms with Crippen LogP contribution in [0.4, 0.5) is 22.0 Å². The van der Waals surface area contributed by atoms with Crippen molar-refractivity contribution in [3.05, 3.63) is 35.4 Å². The summed E-state index contributed by atoms with van der Waals surface area (Å²) < 4.78 is 64.8.